The van der Waals surface area contributed by atoms with Crippen LogP contribution in [-0.2, 0) is 13.6 Å². The van der Waals surface area contributed by atoms with Gasteiger partial charge in [-0.3, -0.25) is 4.68 Å². The third-order valence-corrected chi connectivity index (χ3v) is 5.13. The third kappa shape index (κ3) is 3.41. The summed E-state index contributed by atoms with van der Waals surface area (Å²) >= 11 is 0. The molecule has 1 aliphatic carbocycles. The maximum absolute atomic E-state index is 13.1. The second-order valence-corrected chi connectivity index (χ2v) is 7.34. The van der Waals surface area contributed by atoms with E-state index in [1.165, 1.54) is 0 Å². The first kappa shape index (κ1) is 17.7. The smallest absolute Gasteiger partial charge is 0.248 e. The van der Waals surface area contributed by atoms with E-state index < -0.39 is 5.92 Å². The maximum Gasteiger partial charge on any atom is 0.248 e. The van der Waals surface area contributed by atoms with Gasteiger partial charge in [0.15, 0.2) is 0 Å². The van der Waals surface area contributed by atoms with Crippen LogP contribution in [0.25, 0.3) is 22.3 Å². The first-order chi connectivity index (χ1) is 14.0. The molecule has 1 saturated carbocycles. The number of anilines is 2. The summed E-state index contributed by atoms with van der Waals surface area (Å²) in [5.74, 6) is -1.34. The largest absolute Gasteiger partial charge is 0.309 e. The van der Waals surface area contributed by atoms with Crippen molar-refractivity contribution in [2.75, 3.05) is 5.32 Å². The van der Waals surface area contributed by atoms with E-state index in [-0.39, 0.29) is 18.8 Å². The third-order valence-electron chi connectivity index (χ3n) is 5.13. The Bertz CT molecular complexity index is 1170. The minimum absolute atomic E-state index is 0.0583. The molecule has 1 N–H and O–H groups in total. The fraction of sp³-hybridized carbons (Fsp3) is 0.316. The van der Waals surface area contributed by atoms with Crippen LogP contribution < -0.4 is 5.32 Å². The monoisotopic (exact) mass is 396 g/mol. The molecule has 10 heteroatoms. The van der Waals surface area contributed by atoms with Crippen molar-refractivity contribution in [1.82, 2.24) is 34.7 Å². The maximum atomic E-state index is 13.1. The molecule has 29 heavy (non-hydrogen) atoms. The van der Waals surface area contributed by atoms with Gasteiger partial charge in [0.25, 0.3) is 0 Å². The Kier molecular flexibility index (Phi) is 4.00. The molecule has 0 atom stereocenters. The van der Waals surface area contributed by atoms with E-state index in [0.717, 1.165) is 22.6 Å². The number of halogens is 2. The van der Waals surface area contributed by atoms with Crippen LogP contribution in [0.4, 0.5) is 20.5 Å². The molecule has 0 spiro atoms. The molecule has 0 radical (unpaired) electrons. The number of hydrogen-bond donors (Lipinski definition) is 1. The Hall–Kier alpha value is -3.43. The lowest BCUT2D eigenvalue weighted by atomic mass is 9.81. The van der Waals surface area contributed by atoms with Crippen LogP contribution in [0.5, 0.6) is 0 Å². The van der Waals surface area contributed by atoms with E-state index in [9.17, 15) is 8.78 Å². The second kappa shape index (κ2) is 6.57. The molecule has 1 aliphatic rings. The average Bonchev–Trinajstić information content (AvgIpc) is 3.26. The van der Waals surface area contributed by atoms with Gasteiger partial charge in [-0.15, -0.1) is 5.10 Å². The standard InChI is InChI=1S/C19H18F2N8/c1-28-17(5-7-23-28)25-18-22-6-4-14(24-18)13-2-3-16-15(8-13)26-27-29(16)11-12-9-19(20,21)10-12/h2-8,12H,9-11H2,1H3,(H,22,24,25). The van der Waals surface area contributed by atoms with Gasteiger partial charge >= 0.3 is 0 Å². The number of rotatable bonds is 5. The summed E-state index contributed by atoms with van der Waals surface area (Å²) in [6.45, 7) is 0.456. The van der Waals surface area contributed by atoms with E-state index >= 15 is 0 Å². The molecular formula is C19H18F2N8. The number of aryl methyl sites for hydroxylation is 1. The summed E-state index contributed by atoms with van der Waals surface area (Å²) in [4.78, 5) is 8.81. The molecule has 8 nitrogen and oxygen atoms in total. The zero-order chi connectivity index (χ0) is 20.0. The van der Waals surface area contributed by atoms with Crippen molar-refractivity contribution >= 4 is 22.8 Å². The molecule has 3 heterocycles. The molecule has 0 bridgehead atoms. The summed E-state index contributed by atoms with van der Waals surface area (Å²) in [6, 6.07) is 9.37. The van der Waals surface area contributed by atoms with Gasteiger partial charge in [-0.1, -0.05) is 11.3 Å². The molecule has 0 saturated heterocycles. The normalized spacial score (nSPS) is 16.1. The quantitative estimate of drug-likeness (QED) is 0.556. The van der Waals surface area contributed by atoms with Gasteiger partial charge in [0.2, 0.25) is 11.9 Å². The van der Waals surface area contributed by atoms with Crippen molar-refractivity contribution in [2.24, 2.45) is 13.0 Å². The minimum atomic E-state index is -2.53. The van der Waals surface area contributed by atoms with E-state index in [2.05, 4.69) is 30.7 Å². The predicted molar refractivity (Wildman–Crippen MR) is 103 cm³/mol. The van der Waals surface area contributed by atoms with Crippen LogP contribution >= 0.6 is 0 Å². The topological polar surface area (TPSA) is 86.3 Å². The number of fused-ring (bicyclic) bond motifs is 1. The highest BCUT2D eigenvalue weighted by Crippen LogP contribution is 2.43. The van der Waals surface area contributed by atoms with Crippen LogP contribution in [0.1, 0.15) is 12.8 Å². The molecule has 5 rings (SSSR count). The Morgan fingerprint density at radius 3 is 2.79 bits per heavy atom. The summed E-state index contributed by atoms with van der Waals surface area (Å²) in [7, 11) is 1.83. The van der Waals surface area contributed by atoms with Crippen LogP contribution in [0.2, 0.25) is 0 Å². The summed E-state index contributed by atoms with van der Waals surface area (Å²) in [5.41, 5.74) is 3.13. The van der Waals surface area contributed by atoms with Crippen LogP contribution in [0.3, 0.4) is 0 Å². The average molecular weight is 396 g/mol. The van der Waals surface area contributed by atoms with E-state index in [1.807, 2.05) is 37.4 Å². The lowest BCUT2D eigenvalue weighted by molar-refractivity contribution is -0.114. The highest BCUT2D eigenvalue weighted by atomic mass is 19.3. The molecule has 1 aromatic carbocycles. The Balaban J connectivity index is 1.38. The number of alkyl halides is 2. The van der Waals surface area contributed by atoms with Crippen LogP contribution in [-0.4, -0.2) is 40.7 Å². The summed E-state index contributed by atoms with van der Waals surface area (Å²) < 4.78 is 29.6. The molecule has 148 valence electrons. The fourth-order valence-corrected chi connectivity index (χ4v) is 3.62. The zero-order valence-corrected chi connectivity index (χ0v) is 15.6. The first-order valence-electron chi connectivity index (χ1n) is 9.26. The highest BCUT2D eigenvalue weighted by Gasteiger charge is 2.45. The lowest BCUT2D eigenvalue weighted by Crippen LogP contribution is -2.37. The van der Waals surface area contributed by atoms with Crippen molar-refractivity contribution in [1.29, 1.82) is 0 Å². The highest BCUT2D eigenvalue weighted by molar-refractivity contribution is 5.80. The van der Waals surface area contributed by atoms with Crippen molar-refractivity contribution in [3.63, 3.8) is 0 Å². The van der Waals surface area contributed by atoms with Crippen molar-refractivity contribution in [3.05, 3.63) is 42.7 Å². The number of nitrogens with zero attached hydrogens (tertiary/aromatic N) is 7. The van der Waals surface area contributed by atoms with Gasteiger partial charge in [-0.2, -0.15) is 5.10 Å². The Morgan fingerprint density at radius 1 is 1.17 bits per heavy atom. The van der Waals surface area contributed by atoms with Crippen LogP contribution in [0, 0.1) is 5.92 Å². The van der Waals surface area contributed by atoms with Gasteiger partial charge in [0, 0.05) is 44.3 Å². The van der Waals surface area contributed by atoms with Crippen LogP contribution in [0.15, 0.2) is 42.7 Å². The molecular weight excluding hydrogens is 378 g/mol. The van der Waals surface area contributed by atoms with Crippen molar-refractivity contribution in [3.8, 4) is 11.3 Å². The van der Waals surface area contributed by atoms with Gasteiger partial charge in [0.1, 0.15) is 11.3 Å². The predicted octanol–water partition coefficient (Wildman–Crippen LogP) is 3.41. The number of nitrogens with one attached hydrogen (secondary N) is 1. The molecule has 0 amide bonds. The number of hydrogen-bond acceptors (Lipinski definition) is 6. The molecule has 0 unspecified atom stereocenters. The van der Waals surface area contributed by atoms with Gasteiger partial charge < -0.3 is 5.32 Å². The summed E-state index contributed by atoms with van der Waals surface area (Å²) in [5, 5.41) is 15.6. The fourth-order valence-electron chi connectivity index (χ4n) is 3.62. The number of aromatic nitrogens is 7. The van der Waals surface area contributed by atoms with E-state index in [0.29, 0.717) is 18.0 Å². The van der Waals surface area contributed by atoms with E-state index in [1.54, 1.807) is 21.8 Å². The number of benzene rings is 1. The molecule has 0 aliphatic heterocycles. The zero-order valence-electron chi connectivity index (χ0n) is 15.6. The van der Waals surface area contributed by atoms with Gasteiger partial charge in [-0.25, -0.2) is 23.4 Å². The van der Waals surface area contributed by atoms with Crippen molar-refractivity contribution < 1.29 is 8.78 Å². The Labute approximate surface area is 164 Å². The summed E-state index contributed by atoms with van der Waals surface area (Å²) in [6.07, 6.45) is 3.20. The molecule has 3 aromatic heterocycles. The second-order valence-electron chi connectivity index (χ2n) is 7.34. The molecule has 4 aromatic rings. The first-order valence-corrected chi connectivity index (χ1v) is 9.26. The van der Waals surface area contributed by atoms with Gasteiger partial charge in [-0.05, 0) is 24.1 Å². The minimum Gasteiger partial charge on any atom is -0.309 e. The lowest BCUT2D eigenvalue weighted by Gasteiger charge is -2.34. The Morgan fingerprint density at radius 2 is 2.03 bits per heavy atom. The van der Waals surface area contributed by atoms with Gasteiger partial charge in [0.05, 0.1) is 17.4 Å². The van der Waals surface area contributed by atoms with E-state index in [4.69, 9.17) is 0 Å². The molecule has 1 fully saturated rings. The van der Waals surface area contributed by atoms with Crippen molar-refractivity contribution in [2.45, 2.75) is 25.3 Å². The SMILES string of the molecule is Cn1nccc1Nc1nccc(-c2ccc3c(c2)nnn3CC2CC(F)(F)C2)n1.